The molecule has 0 amide bonds. The van der Waals surface area contributed by atoms with Crippen LogP contribution in [-0.2, 0) is 0 Å². The molecule has 0 radical (unpaired) electrons. The predicted octanol–water partition coefficient (Wildman–Crippen LogP) is 4.34. The highest BCUT2D eigenvalue weighted by Gasteiger charge is 2.18. The molecule has 0 saturated carbocycles. The third-order valence-corrected chi connectivity index (χ3v) is 5.53. The molecule has 6 heteroatoms. The van der Waals surface area contributed by atoms with Crippen molar-refractivity contribution in [2.75, 3.05) is 0 Å². The Morgan fingerprint density at radius 2 is 1.93 bits per heavy atom. The molecule has 0 aliphatic heterocycles. The third-order valence-electron chi connectivity index (χ3n) is 4.54. The van der Waals surface area contributed by atoms with Crippen molar-refractivity contribution in [2.24, 2.45) is 0 Å². The summed E-state index contributed by atoms with van der Waals surface area (Å²) in [6.07, 6.45) is 3.18. The van der Waals surface area contributed by atoms with Crippen LogP contribution in [-0.4, -0.2) is 15.8 Å². The van der Waals surface area contributed by atoms with Gasteiger partial charge >= 0.3 is 5.63 Å². The van der Waals surface area contributed by atoms with Gasteiger partial charge in [0, 0.05) is 23.5 Å². The summed E-state index contributed by atoms with van der Waals surface area (Å²) in [4.78, 5) is 33.9. The maximum Gasteiger partial charge on any atom is 0.348 e. The second-order valence-corrected chi connectivity index (χ2v) is 7.21. The first-order valence-corrected chi connectivity index (χ1v) is 9.36. The van der Waals surface area contributed by atoms with Crippen LogP contribution in [0.4, 0.5) is 0 Å². The lowest BCUT2D eigenvalue weighted by molar-refractivity contribution is 0.103. The Morgan fingerprint density at radius 3 is 2.63 bits per heavy atom. The van der Waals surface area contributed by atoms with Crippen LogP contribution in [0.15, 0.2) is 63.4 Å². The highest BCUT2D eigenvalue weighted by atomic mass is 32.1. The summed E-state index contributed by atoms with van der Waals surface area (Å²) in [6, 6.07) is 10.7. The summed E-state index contributed by atoms with van der Waals surface area (Å²) in [7, 11) is 0. The van der Waals surface area contributed by atoms with Crippen LogP contribution >= 0.6 is 11.3 Å². The Bertz CT molecular complexity index is 1180. The van der Waals surface area contributed by atoms with Crippen LogP contribution in [0.5, 0.6) is 0 Å². The van der Waals surface area contributed by atoms with Gasteiger partial charge in [-0.2, -0.15) is 0 Å². The van der Waals surface area contributed by atoms with E-state index in [2.05, 4.69) is 9.97 Å². The van der Waals surface area contributed by atoms with Crippen molar-refractivity contribution in [3.63, 3.8) is 0 Å². The number of carbonyl (C=O) groups is 1. The van der Waals surface area contributed by atoms with E-state index in [0.29, 0.717) is 27.2 Å². The minimum Gasteiger partial charge on any atom is -0.407 e. The van der Waals surface area contributed by atoms with E-state index in [0.717, 1.165) is 11.1 Å². The summed E-state index contributed by atoms with van der Waals surface area (Å²) >= 11 is 1.44. The molecule has 27 heavy (non-hydrogen) atoms. The molecule has 1 aromatic carbocycles. The van der Waals surface area contributed by atoms with Gasteiger partial charge in [-0.05, 0) is 42.5 Å². The molecular weight excluding hydrogens is 360 g/mol. The van der Waals surface area contributed by atoms with Crippen LogP contribution in [0.3, 0.4) is 0 Å². The summed E-state index contributed by atoms with van der Waals surface area (Å²) in [5.41, 5.74) is 2.57. The first kappa shape index (κ1) is 17.3. The predicted molar refractivity (Wildman–Crippen MR) is 105 cm³/mol. The monoisotopic (exact) mass is 376 g/mol. The molecule has 5 nitrogen and oxygen atoms in total. The lowest BCUT2D eigenvalue weighted by Crippen LogP contribution is -2.08. The molecule has 0 aliphatic rings. The van der Waals surface area contributed by atoms with Gasteiger partial charge in [0.15, 0.2) is 5.78 Å². The molecule has 1 atom stereocenters. The molecule has 4 rings (SSSR count). The lowest BCUT2D eigenvalue weighted by Gasteiger charge is -2.10. The smallest absolute Gasteiger partial charge is 0.348 e. The van der Waals surface area contributed by atoms with Crippen molar-refractivity contribution in [2.45, 2.75) is 19.8 Å². The molecule has 3 heterocycles. The molecule has 0 N–H and O–H groups in total. The zero-order chi connectivity index (χ0) is 19.0. The Kier molecular flexibility index (Phi) is 4.41. The molecular formula is C21H16N2O3S. The number of fused-ring (bicyclic) bond motifs is 1. The van der Waals surface area contributed by atoms with Crippen molar-refractivity contribution in [3.05, 3.63) is 92.7 Å². The van der Waals surface area contributed by atoms with E-state index < -0.39 is 0 Å². The minimum absolute atomic E-state index is 0.0811. The number of rotatable bonds is 4. The minimum atomic E-state index is -0.357. The molecule has 0 fully saturated rings. The number of aromatic nitrogens is 2. The molecule has 0 saturated heterocycles. The second-order valence-electron chi connectivity index (χ2n) is 6.35. The van der Waals surface area contributed by atoms with Gasteiger partial charge in [-0.3, -0.25) is 9.78 Å². The van der Waals surface area contributed by atoms with E-state index in [1.54, 1.807) is 36.7 Å². The van der Waals surface area contributed by atoms with E-state index in [1.807, 2.05) is 31.4 Å². The van der Waals surface area contributed by atoms with Gasteiger partial charge in [-0.25, -0.2) is 9.78 Å². The molecule has 3 aromatic heterocycles. The average Bonchev–Trinajstić information content (AvgIpc) is 3.09. The first-order chi connectivity index (χ1) is 13.0. The third kappa shape index (κ3) is 3.19. The number of hydrogen-bond donors (Lipinski definition) is 0. The lowest BCUT2D eigenvalue weighted by atomic mass is 9.97. The number of ketones is 1. The number of benzene rings is 1. The normalized spacial score (nSPS) is 12.2. The van der Waals surface area contributed by atoms with Crippen molar-refractivity contribution in [3.8, 4) is 0 Å². The summed E-state index contributed by atoms with van der Waals surface area (Å²) in [5.74, 6) is 0.0928. The van der Waals surface area contributed by atoms with Crippen molar-refractivity contribution < 1.29 is 9.21 Å². The fraction of sp³-hybridized carbons (Fsp3) is 0.143. The topological polar surface area (TPSA) is 73.1 Å². The van der Waals surface area contributed by atoms with Gasteiger partial charge in [-0.1, -0.05) is 24.3 Å². The number of pyridine rings is 1. The summed E-state index contributed by atoms with van der Waals surface area (Å²) in [6.45, 7) is 3.80. The summed E-state index contributed by atoms with van der Waals surface area (Å²) < 4.78 is 5.46. The zero-order valence-electron chi connectivity index (χ0n) is 14.8. The largest absolute Gasteiger partial charge is 0.407 e. The van der Waals surface area contributed by atoms with Crippen LogP contribution in [0.1, 0.15) is 45.8 Å². The first-order valence-electron chi connectivity index (χ1n) is 8.48. The SMILES string of the molecule is Cc1csc2nc(C(C)c3ccc(C(=O)c4cccnc4)cc3)oc(=O)c12. The fourth-order valence-corrected chi connectivity index (χ4v) is 3.86. The number of nitrogens with zero attached hydrogens (tertiary/aromatic N) is 2. The van der Waals surface area contributed by atoms with Gasteiger partial charge in [0.05, 0.1) is 11.3 Å². The van der Waals surface area contributed by atoms with E-state index in [4.69, 9.17) is 4.42 Å². The Balaban J connectivity index is 1.64. The maximum atomic E-state index is 12.5. The van der Waals surface area contributed by atoms with Crippen LogP contribution in [0.25, 0.3) is 10.2 Å². The van der Waals surface area contributed by atoms with Crippen LogP contribution < -0.4 is 5.63 Å². The maximum absolute atomic E-state index is 12.5. The van der Waals surface area contributed by atoms with Gasteiger partial charge in [0.25, 0.3) is 0 Å². The highest BCUT2D eigenvalue weighted by molar-refractivity contribution is 7.16. The number of aryl methyl sites for hydroxylation is 1. The van der Waals surface area contributed by atoms with E-state index in [9.17, 15) is 9.59 Å². The second kappa shape index (κ2) is 6.89. The summed E-state index contributed by atoms with van der Waals surface area (Å²) in [5, 5.41) is 2.45. The zero-order valence-corrected chi connectivity index (χ0v) is 15.6. The highest BCUT2D eigenvalue weighted by Crippen LogP contribution is 2.26. The van der Waals surface area contributed by atoms with Crippen molar-refractivity contribution in [1.29, 1.82) is 0 Å². The molecule has 1 unspecified atom stereocenters. The van der Waals surface area contributed by atoms with Crippen molar-refractivity contribution in [1.82, 2.24) is 9.97 Å². The van der Waals surface area contributed by atoms with Gasteiger partial charge < -0.3 is 4.42 Å². The Hall–Kier alpha value is -3.12. The number of carbonyl (C=O) groups excluding carboxylic acids is 1. The van der Waals surface area contributed by atoms with Gasteiger partial charge in [-0.15, -0.1) is 11.3 Å². The average molecular weight is 376 g/mol. The molecule has 0 bridgehead atoms. The standard InChI is InChI=1S/C21H16N2O3S/c1-12-11-27-20-17(12)21(25)26-19(23-20)13(2)14-5-7-15(8-6-14)18(24)16-4-3-9-22-10-16/h3-11,13H,1-2H3. The Labute approximate surface area is 159 Å². The van der Waals surface area contributed by atoms with Crippen LogP contribution in [0, 0.1) is 6.92 Å². The van der Waals surface area contributed by atoms with E-state index in [1.165, 1.54) is 11.3 Å². The molecule has 0 aliphatic carbocycles. The molecule has 0 spiro atoms. The van der Waals surface area contributed by atoms with E-state index >= 15 is 0 Å². The van der Waals surface area contributed by atoms with Gasteiger partial charge in [0.2, 0.25) is 5.89 Å². The quantitative estimate of drug-likeness (QED) is 0.496. The van der Waals surface area contributed by atoms with Crippen molar-refractivity contribution >= 4 is 27.3 Å². The Morgan fingerprint density at radius 1 is 1.15 bits per heavy atom. The number of thiophene rings is 1. The van der Waals surface area contributed by atoms with Crippen LogP contribution in [0.2, 0.25) is 0 Å². The fourth-order valence-electron chi connectivity index (χ4n) is 2.94. The van der Waals surface area contributed by atoms with E-state index in [-0.39, 0.29) is 17.3 Å². The molecule has 134 valence electrons. The van der Waals surface area contributed by atoms with Gasteiger partial charge in [0.1, 0.15) is 4.83 Å². The number of hydrogen-bond acceptors (Lipinski definition) is 6. The molecule has 4 aromatic rings.